The molecule has 0 saturated heterocycles. The smallest absolute Gasteiger partial charge is 0.172 e. The number of aromatic nitrogens is 1. The van der Waals surface area contributed by atoms with Crippen LogP contribution in [0.5, 0.6) is 0 Å². The van der Waals surface area contributed by atoms with Crippen molar-refractivity contribution in [2.45, 2.75) is 147 Å². The quantitative estimate of drug-likeness (QED) is 0.201. The molecule has 0 unspecified atom stereocenters. The highest BCUT2D eigenvalue weighted by Crippen LogP contribution is 2.21. The van der Waals surface area contributed by atoms with Crippen LogP contribution in [-0.4, -0.2) is 45.9 Å². The first-order valence-corrected chi connectivity index (χ1v) is 18.9. The summed E-state index contributed by atoms with van der Waals surface area (Å²) in [6.45, 7) is 37.8. The summed E-state index contributed by atoms with van der Waals surface area (Å²) in [6.07, 6.45) is 25.5. The maximum Gasteiger partial charge on any atom is 0.172 e. The van der Waals surface area contributed by atoms with Gasteiger partial charge in [0, 0.05) is 61.4 Å². The van der Waals surface area contributed by atoms with E-state index in [1.165, 1.54) is 22.3 Å². The van der Waals surface area contributed by atoms with Crippen LogP contribution in [0.1, 0.15) is 135 Å². The lowest BCUT2D eigenvalue weighted by atomic mass is 9.99. The van der Waals surface area contributed by atoms with Gasteiger partial charge in [0.15, 0.2) is 18.4 Å². The van der Waals surface area contributed by atoms with E-state index in [-0.39, 0.29) is 7.43 Å². The Bertz CT molecular complexity index is 1210. The number of nitrogens with zero attached hydrogens (tertiary/aromatic N) is 4. The lowest BCUT2D eigenvalue weighted by Gasteiger charge is -2.29. The van der Waals surface area contributed by atoms with Crippen LogP contribution in [0.25, 0.3) is 0 Å². The third-order valence-corrected chi connectivity index (χ3v) is 9.02. The first kappa shape index (κ1) is 46.0. The predicted octanol–water partition coefficient (Wildman–Crippen LogP) is 11.9. The number of pyridine rings is 1. The molecule has 4 heterocycles. The maximum atomic E-state index is 2.37. The number of hydrogen-bond acceptors (Lipinski definition) is 3. The van der Waals surface area contributed by atoms with Crippen molar-refractivity contribution in [2.24, 2.45) is 17.8 Å². The monoisotopic (exact) mass is 675 g/mol. The number of rotatable bonds is 8. The third-order valence-electron chi connectivity index (χ3n) is 9.02. The van der Waals surface area contributed by atoms with Crippen LogP contribution in [0.2, 0.25) is 0 Å². The van der Waals surface area contributed by atoms with E-state index in [9.17, 15) is 0 Å². The Kier molecular flexibility index (Phi) is 22.0. The first-order chi connectivity index (χ1) is 22.4. The van der Waals surface area contributed by atoms with Crippen molar-refractivity contribution in [3.63, 3.8) is 0 Å². The zero-order valence-electron chi connectivity index (χ0n) is 35.0. The molecule has 0 amide bonds. The lowest BCUT2D eigenvalue weighted by Crippen LogP contribution is -2.35. The standard InChI is InChI=1S/3C11H19N.C11H18N.CH3/c4*1-9(2)11-6-5-7-12(8-11)10(3)4;/h5,7-10H,6H2,1-4H3;5-6,8-10H,7H2,1-4H3;5-7,9-10H,8H2,1-4H3;5-10H,1-4H3;1H3/q;;;+1;-1. The van der Waals surface area contributed by atoms with Gasteiger partial charge in [0.05, 0.1) is 0 Å². The molecular weight excluding hydrogens is 597 g/mol. The molecule has 4 heteroatoms. The molecular formula is C45H78N4. The van der Waals surface area contributed by atoms with Crippen LogP contribution in [0, 0.1) is 25.2 Å². The second kappa shape index (κ2) is 23.4. The van der Waals surface area contributed by atoms with E-state index in [1.54, 1.807) is 0 Å². The zero-order valence-corrected chi connectivity index (χ0v) is 35.0. The number of allylic oxidation sites excluding steroid dienone is 6. The minimum Gasteiger partial charge on any atom is -0.371 e. The molecule has 0 aromatic carbocycles. The largest absolute Gasteiger partial charge is 0.371 e. The summed E-state index contributed by atoms with van der Waals surface area (Å²) in [5, 5.41) is 0. The second-order valence-electron chi connectivity index (χ2n) is 15.8. The summed E-state index contributed by atoms with van der Waals surface area (Å²) >= 11 is 0. The third kappa shape index (κ3) is 17.5. The van der Waals surface area contributed by atoms with Gasteiger partial charge >= 0.3 is 0 Å². The summed E-state index contributed by atoms with van der Waals surface area (Å²) in [5.41, 5.74) is 5.92. The highest BCUT2D eigenvalue weighted by Gasteiger charge is 2.13. The molecule has 3 aliphatic rings. The van der Waals surface area contributed by atoms with Gasteiger partial charge in [-0.25, -0.2) is 4.57 Å². The fourth-order valence-electron chi connectivity index (χ4n) is 5.10. The van der Waals surface area contributed by atoms with E-state index in [0.717, 1.165) is 19.5 Å². The van der Waals surface area contributed by atoms with E-state index in [4.69, 9.17) is 0 Å². The molecule has 0 N–H and O–H groups in total. The lowest BCUT2D eigenvalue weighted by molar-refractivity contribution is -0.716. The Balaban J connectivity index is 0.000000623. The summed E-state index contributed by atoms with van der Waals surface area (Å²) in [6, 6.07) is 6.67. The van der Waals surface area contributed by atoms with Gasteiger partial charge in [0.1, 0.15) is 0 Å². The topological polar surface area (TPSA) is 13.6 Å². The van der Waals surface area contributed by atoms with Crippen molar-refractivity contribution in [2.75, 3.05) is 13.1 Å². The summed E-state index contributed by atoms with van der Waals surface area (Å²) < 4.78 is 2.25. The van der Waals surface area contributed by atoms with E-state index in [0.29, 0.717) is 47.8 Å². The predicted molar refractivity (Wildman–Crippen MR) is 219 cm³/mol. The zero-order chi connectivity index (χ0) is 36.6. The molecule has 1 aromatic heterocycles. The number of hydrogen-bond donors (Lipinski definition) is 0. The molecule has 0 spiro atoms. The molecule has 0 radical (unpaired) electrons. The van der Waals surface area contributed by atoms with Gasteiger partial charge in [0.25, 0.3) is 0 Å². The minimum absolute atomic E-state index is 0. The van der Waals surface area contributed by atoms with Crippen molar-refractivity contribution in [1.29, 1.82) is 0 Å². The molecule has 0 saturated carbocycles. The molecule has 0 atom stereocenters. The van der Waals surface area contributed by atoms with Crippen molar-refractivity contribution < 1.29 is 4.57 Å². The highest BCUT2D eigenvalue weighted by atomic mass is 15.1. The fraction of sp³-hybridized carbons (Fsp3) is 0.600. The van der Waals surface area contributed by atoms with E-state index in [2.05, 4.69) is 210 Å². The van der Waals surface area contributed by atoms with E-state index < -0.39 is 0 Å². The SMILES string of the molecule is CC(C)C1=CC=CN(C(C)C)C1.CC(C)C1=CN(C(C)C)C=CC1.CC(C)C1=CN(C(C)C)CC=C1.CC(C)c1ccc[n+](C(C)C)c1.[CH3-]. The van der Waals surface area contributed by atoms with Gasteiger partial charge in [-0.3, -0.25) is 0 Å². The Morgan fingerprint density at radius 3 is 1.73 bits per heavy atom. The van der Waals surface area contributed by atoms with Crippen LogP contribution in [0.4, 0.5) is 0 Å². The highest BCUT2D eigenvalue weighted by molar-refractivity contribution is 5.24. The van der Waals surface area contributed by atoms with E-state index >= 15 is 0 Å². The molecule has 3 aliphatic heterocycles. The molecule has 1 aromatic rings. The average Bonchev–Trinajstić information content (AvgIpc) is 3.05. The maximum absolute atomic E-state index is 2.37. The Morgan fingerprint density at radius 1 is 0.633 bits per heavy atom. The summed E-state index contributed by atoms with van der Waals surface area (Å²) in [5.74, 6) is 2.62. The van der Waals surface area contributed by atoms with Crippen molar-refractivity contribution in [1.82, 2.24) is 14.7 Å². The molecule has 0 bridgehead atoms. The second-order valence-corrected chi connectivity index (χ2v) is 15.8. The fourth-order valence-corrected chi connectivity index (χ4v) is 5.10. The molecule has 278 valence electrons. The molecule has 4 rings (SSSR count). The van der Waals surface area contributed by atoms with Gasteiger partial charge in [-0.15, -0.1) is 0 Å². The van der Waals surface area contributed by atoms with Crippen molar-refractivity contribution in [3.8, 4) is 0 Å². The molecule has 49 heavy (non-hydrogen) atoms. The molecule has 4 nitrogen and oxygen atoms in total. The van der Waals surface area contributed by atoms with E-state index in [1.807, 2.05) is 0 Å². The Labute approximate surface area is 306 Å². The first-order valence-electron chi connectivity index (χ1n) is 18.9. The Morgan fingerprint density at radius 2 is 1.24 bits per heavy atom. The van der Waals surface area contributed by atoms with Crippen LogP contribution in [0.3, 0.4) is 0 Å². The van der Waals surface area contributed by atoms with Crippen LogP contribution in [-0.2, 0) is 0 Å². The summed E-state index contributed by atoms with van der Waals surface area (Å²) in [7, 11) is 0. The van der Waals surface area contributed by atoms with Crippen LogP contribution < -0.4 is 4.57 Å². The van der Waals surface area contributed by atoms with Crippen molar-refractivity contribution in [3.05, 3.63) is 109 Å². The average molecular weight is 675 g/mol. The normalized spacial score (nSPS) is 15.6. The van der Waals surface area contributed by atoms with Gasteiger partial charge in [-0.2, -0.15) is 0 Å². The minimum atomic E-state index is 0. The summed E-state index contributed by atoms with van der Waals surface area (Å²) in [4.78, 5) is 7.02. The van der Waals surface area contributed by atoms with Gasteiger partial charge in [-0.05, 0) is 121 Å². The van der Waals surface area contributed by atoms with Crippen molar-refractivity contribution >= 4 is 0 Å². The van der Waals surface area contributed by atoms with Crippen LogP contribution >= 0.6 is 0 Å². The van der Waals surface area contributed by atoms with Crippen LogP contribution in [0.15, 0.2) is 96.4 Å². The van der Waals surface area contributed by atoms with Gasteiger partial charge in [0.2, 0.25) is 0 Å². The van der Waals surface area contributed by atoms with Gasteiger partial charge in [-0.1, -0.05) is 79.7 Å². The molecule has 0 aliphatic carbocycles. The Hall–Kier alpha value is -3.01. The molecule has 0 fully saturated rings. The van der Waals surface area contributed by atoms with Gasteiger partial charge < -0.3 is 22.1 Å².